The van der Waals surface area contributed by atoms with Gasteiger partial charge in [-0.3, -0.25) is 9.55 Å². The maximum atomic E-state index is 9.63. The Labute approximate surface area is 166 Å². The second kappa shape index (κ2) is 16.3. The van der Waals surface area contributed by atoms with Crippen molar-refractivity contribution in [2.75, 3.05) is 19.7 Å². The number of aliphatic imine (C=N–C) groups is 1. The van der Waals surface area contributed by atoms with Gasteiger partial charge in [-0.05, 0) is 20.3 Å². The third-order valence-corrected chi connectivity index (χ3v) is 4.97. The number of hydrogen-bond acceptors (Lipinski definition) is 6. The highest BCUT2D eigenvalue weighted by molar-refractivity contribution is 7.80. The minimum atomic E-state index is -4.17. The zero-order chi connectivity index (χ0) is 20.5. The van der Waals surface area contributed by atoms with Gasteiger partial charge < -0.3 is 10.0 Å². The summed E-state index contributed by atoms with van der Waals surface area (Å²) in [6.45, 7) is 7.29. The first kappa shape index (κ1) is 26.3. The summed E-state index contributed by atoms with van der Waals surface area (Å²) in [7, 11) is -4.17. The highest BCUT2D eigenvalue weighted by atomic mass is 32.3. The first-order valence-corrected chi connectivity index (χ1v) is 11.8. The molecule has 1 unspecified atom stereocenters. The number of rotatable bonds is 14. The molecule has 0 aromatic carbocycles. The Hall–Kier alpha value is -0.700. The number of aliphatic hydroxyl groups is 1. The van der Waals surface area contributed by atoms with Crippen LogP contribution in [0, 0.1) is 0 Å². The fourth-order valence-corrected chi connectivity index (χ4v) is 3.35. The fraction of sp³-hybridized carbons (Fsp3) is 0.947. The topological polar surface area (TPSA) is 99.4 Å². The number of unbranched alkanes of at least 4 members (excludes halogenated alkanes) is 9. The predicted octanol–water partition coefficient (Wildman–Crippen LogP) is 4.18. The first-order chi connectivity index (χ1) is 12.8. The van der Waals surface area contributed by atoms with Gasteiger partial charge in [0, 0.05) is 13.0 Å². The summed E-state index contributed by atoms with van der Waals surface area (Å²) in [5.41, 5.74) is 0. The number of aliphatic hydroxyl groups excluding tert-OH is 1. The molecule has 7 nitrogen and oxygen atoms in total. The van der Waals surface area contributed by atoms with Crippen molar-refractivity contribution >= 4 is 16.2 Å². The van der Waals surface area contributed by atoms with E-state index in [4.69, 9.17) is 4.55 Å². The van der Waals surface area contributed by atoms with Crippen molar-refractivity contribution in [2.24, 2.45) is 4.99 Å². The van der Waals surface area contributed by atoms with Crippen LogP contribution in [0.1, 0.15) is 91.4 Å². The maximum Gasteiger partial charge on any atom is 0.397 e. The van der Waals surface area contributed by atoms with Gasteiger partial charge in [-0.1, -0.05) is 64.7 Å². The van der Waals surface area contributed by atoms with E-state index in [1.54, 1.807) is 0 Å². The van der Waals surface area contributed by atoms with Crippen LogP contribution in [0.15, 0.2) is 4.99 Å². The van der Waals surface area contributed by atoms with E-state index in [1.165, 1.54) is 71.1 Å². The standard InChI is InChI=1S/C17H34N2O.C2H6O4S/c1-3-4-5-6-7-8-9-10-11-12-13-17-18-14-15-19(17)16(2)20;1-2-6-7(3,4)5/h16,20H,3-15H2,1-2H3;2H2,1H3,(H,3,4,5). The van der Waals surface area contributed by atoms with Crippen molar-refractivity contribution in [3.63, 3.8) is 0 Å². The zero-order valence-electron chi connectivity index (χ0n) is 17.4. The molecular weight excluding hydrogens is 368 g/mol. The third-order valence-electron chi connectivity index (χ3n) is 4.44. The van der Waals surface area contributed by atoms with Gasteiger partial charge in [0.25, 0.3) is 0 Å². The molecule has 8 heteroatoms. The summed E-state index contributed by atoms with van der Waals surface area (Å²) in [4.78, 5) is 6.53. The molecule has 0 amide bonds. The zero-order valence-corrected chi connectivity index (χ0v) is 18.2. The van der Waals surface area contributed by atoms with Gasteiger partial charge in [0.1, 0.15) is 12.1 Å². The summed E-state index contributed by atoms with van der Waals surface area (Å²) in [5, 5.41) is 9.63. The van der Waals surface area contributed by atoms with E-state index in [-0.39, 0.29) is 12.8 Å². The molecule has 1 aliphatic rings. The molecular formula is C19H40N2O5S. The lowest BCUT2D eigenvalue weighted by molar-refractivity contribution is 0.0766. The van der Waals surface area contributed by atoms with E-state index in [9.17, 15) is 13.5 Å². The number of amidine groups is 1. The van der Waals surface area contributed by atoms with E-state index in [0.717, 1.165) is 25.3 Å². The monoisotopic (exact) mass is 408 g/mol. The van der Waals surface area contributed by atoms with Gasteiger partial charge in [-0.2, -0.15) is 8.42 Å². The van der Waals surface area contributed by atoms with E-state index < -0.39 is 10.4 Å². The van der Waals surface area contributed by atoms with Crippen molar-refractivity contribution in [2.45, 2.75) is 97.6 Å². The molecule has 1 heterocycles. The minimum Gasteiger partial charge on any atom is -0.374 e. The summed E-state index contributed by atoms with van der Waals surface area (Å²) in [5.74, 6) is 1.12. The Balaban J connectivity index is 0.000000821. The predicted molar refractivity (Wildman–Crippen MR) is 110 cm³/mol. The molecule has 2 N–H and O–H groups in total. The van der Waals surface area contributed by atoms with Crippen LogP contribution in [0.25, 0.3) is 0 Å². The quantitative estimate of drug-likeness (QED) is 0.330. The van der Waals surface area contributed by atoms with Crippen molar-refractivity contribution in [3.05, 3.63) is 0 Å². The summed E-state index contributed by atoms with van der Waals surface area (Å²) in [6, 6.07) is 0. The van der Waals surface area contributed by atoms with E-state index >= 15 is 0 Å². The molecule has 0 fully saturated rings. The second-order valence-electron chi connectivity index (χ2n) is 6.89. The van der Waals surface area contributed by atoms with Crippen LogP contribution in [-0.4, -0.2) is 54.7 Å². The highest BCUT2D eigenvalue weighted by Crippen LogP contribution is 2.14. The molecule has 162 valence electrons. The smallest absolute Gasteiger partial charge is 0.374 e. The van der Waals surface area contributed by atoms with Gasteiger partial charge in [-0.15, -0.1) is 0 Å². The lowest BCUT2D eigenvalue weighted by atomic mass is 10.1. The van der Waals surface area contributed by atoms with Crippen LogP contribution in [-0.2, 0) is 14.6 Å². The molecule has 0 aromatic rings. The normalized spacial score (nSPS) is 15.3. The van der Waals surface area contributed by atoms with Crippen molar-refractivity contribution in [1.82, 2.24) is 4.90 Å². The molecule has 0 aromatic heterocycles. The Morgan fingerprint density at radius 1 is 1.04 bits per heavy atom. The van der Waals surface area contributed by atoms with Gasteiger partial charge in [0.05, 0.1) is 13.2 Å². The van der Waals surface area contributed by atoms with Crippen LogP contribution in [0.4, 0.5) is 0 Å². The number of nitrogens with zero attached hydrogens (tertiary/aromatic N) is 2. The van der Waals surface area contributed by atoms with Gasteiger partial charge >= 0.3 is 10.4 Å². The summed E-state index contributed by atoms with van der Waals surface area (Å²) < 4.78 is 30.7. The Morgan fingerprint density at radius 3 is 1.96 bits per heavy atom. The average molecular weight is 409 g/mol. The van der Waals surface area contributed by atoms with Crippen molar-refractivity contribution in [1.29, 1.82) is 0 Å². The molecule has 0 spiro atoms. The average Bonchev–Trinajstić information content (AvgIpc) is 3.05. The second-order valence-corrected chi connectivity index (χ2v) is 7.98. The minimum absolute atomic E-state index is 0.0289. The van der Waals surface area contributed by atoms with Crippen LogP contribution in [0.3, 0.4) is 0 Å². The molecule has 1 atom stereocenters. The summed E-state index contributed by atoms with van der Waals surface area (Å²) in [6.07, 6.45) is 14.4. The Kier molecular flexibility index (Phi) is 15.9. The van der Waals surface area contributed by atoms with Crippen LogP contribution in [0.2, 0.25) is 0 Å². The Morgan fingerprint density at radius 2 is 1.56 bits per heavy atom. The number of hydrogen-bond donors (Lipinski definition) is 2. The van der Waals surface area contributed by atoms with Crippen molar-refractivity contribution in [3.8, 4) is 0 Å². The lowest BCUT2D eigenvalue weighted by Crippen LogP contribution is -2.35. The van der Waals surface area contributed by atoms with Crippen LogP contribution >= 0.6 is 0 Å². The molecule has 0 bridgehead atoms. The van der Waals surface area contributed by atoms with Crippen molar-refractivity contribution < 1.29 is 22.3 Å². The van der Waals surface area contributed by atoms with Gasteiger partial charge in [0.15, 0.2) is 0 Å². The molecule has 1 rings (SSSR count). The fourth-order valence-electron chi connectivity index (χ4n) is 3.05. The maximum absolute atomic E-state index is 9.63. The Bertz CT molecular complexity index is 480. The SMILES string of the molecule is CCCCCCCCCCCCC1=NCCN1C(C)O.CCOS(=O)(=O)O. The molecule has 0 radical (unpaired) electrons. The first-order valence-electron chi connectivity index (χ1n) is 10.4. The van der Waals surface area contributed by atoms with Crippen LogP contribution < -0.4 is 0 Å². The molecule has 27 heavy (non-hydrogen) atoms. The van der Waals surface area contributed by atoms with E-state index in [2.05, 4.69) is 16.1 Å². The van der Waals surface area contributed by atoms with Gasteiger partial charge in [0.2, 0.25) is 0 Å². The van der Waals surface area contributed by atoms with E-state index in [0.29, 0.717) is 0 Å². The summed E-state index contributed by atoms with van der Waals surface area (Å²) >= 11 is 0. The molecule has 0 saturated carbocycles. The van der Waals surface area contributed by atoms with E-state index in [1.807, 2.05) is 11.8 Å². The molecule has 0 saturated heterocycles. The highest BCUT2D eigenvalue weighted by Gasteiger charge is 2.19. The third kappa shape index (κ3) is 16.0. The van der Waals surface area contributed by atoms with Gasteiger partial charge in [-0.25, -0.2) is 4.18 Å². The molecule has 0 aliphatic carbocycles. The lowest BCUT2D eigenvalue weighted by Gasteiger charge is -2.23. The molecule has 1 aliphatic heterocycles. The van der Waals surface area contributed by atoms with Crippen LogP contribution in [0.5, 0.6) is 0 Å². The largest absolute Gasteiger partial charge is 0.397 e.